The van der Waals surface area contributed by atoms with Gasteiger partial charge < -0.3 is 20.4 Å². The summed E-state index contributed by atoms with van der Waals surface area (Å²) in [4.78, 5) is 21.7. The van der Waals surface area contributed by atoms with E-state index in [1.807, 2.05) is 81.4 Å². The fraction of sp³-hybridized carbons (Fsp3) is 0.267. The Kier molecular flexibility index (Phi) is 6.60. The molecule has 0 saturated carbocycles. The maximum atomic E-state index is 12.9. The average Bonchev–Trinajstić information content (AvgIpc) is 3.23. The lowest BCUT2D eigenvalue weighted by Gasteiger charge is -2.27. The summed E-state index contributed by atoms with van der Waals surface area (Å²) in [5.74, 6) is 1.57. The summed E-state index contributed by atoms with van der Waals surface area (Å²) in [7, 11) is 0. The van der Waals surface area contributed by atoms with Crippen molar-refractivity contribution in [2.75, 3.05) is 5.73 Å². The predicted octanol–water partition coefficient (Wildman–Crippen LogP) is 5.40. The maximum absolute atomic E-state index is 12.9. The topological polar surface area (TPSA) is 119 Å². The van der Waals surface area contributed by atoms with Crippen LogP contribution in [-0.4, -0.2) is 26.5 Å². The summed E-state index contributed by atoms with van der Waals surface area (Å²) in [6.45, 7) is 6.41. The number of anilines is 1. The molecule has 38 heavy (non-hydrogen) atoms. The van der Waals surface area contributed by atoms with E-state index in [9.17, 15) is 10.1 Å². The van der Waals surface area contributed by atoms with Crippen molar-refractivity contribution < 1.29 is 9.53 Å². The Morgan fingerprint density at radius 2 is 1.84 bits per heavy atom. The maximum Gasteiger partial charge on any atom is 0.261 e. The van der Waals surface area contributed by atoms with Crippen molar-refractivity contribution in [3.8, 4) is 28.7 Å². The Morgan fingerprint density at radius 1 is 1.13 bits per heavy atom. The number of fused-ring (bicyclic) bond motifs is 3. The lowest BCUT2D eigenvalue weighted by atomic mass is 9.93. The highest BCUT2D eigenvalue weighted by Crippen LogP contribution is 2.40. The van der Waals surface area contributed by atoms with Gasteiger partial charge in [-0.15, -0.1) is 0 Å². The number of nitrogens with one attached hydrogen (secondary N) is 1. The third-order valence-electron chi connectivity index (χ3n) is 6.51. The highest BCUT2D eigenvalue weighted by molar-refractivity contribution is 6.02. The lowest BCUT2D eigenvalue weighted by Crippen LogP contribution is -2.41. The van der Waals surface area contributed by atoms with Crippen molar-refractivity contribution >= 4 is 22.8 Å². The summed E-state index contributed by atoms with van der Waals surface area (Å²) in [6.07, 6.45) is 4.61. The third-order valence-corrected chi connectivity index (χ3v) is 6.51. The number of rotatable bonds is 5. The second-order valence-corrected chi connectivity index (χ2v) is 10.6. The van der Waals surface area contributed by atoms with E-state index in [0.29, 0.717) is 18.8 Å². The molecule has 1 aliphatic heterocycles. The number of hydrogen-bond donors (Lipinski definition) is 2. The number of amides is 1. The van der Waals surface area contributed by atoms with Gasteiger partial charge >= 0.3 is 0 Å². The molecule has 4 aromatic rings. The molecule has 0 fully saturated rings. The number of nitrogen functional groups attached to an aromatic ring is 1. The van der Waals surface area contributed by atoms with E-state index in [4.69, 9.17) is 10.5 Å². The van der Waals surface area contributed by atoms with Crippen molar-refractivity contribution in [2.45, 2.75) is 46.2 Å². The first kappa shape index (κ1) is 25.0. The van der Waals surface area contributed by atoms with E-state index in [-0.39, 0.29) is 22.9 Å². The Morgan fingerprint density at radius 3 is 2.53 bits per heavy atom. The average molecular weight is 507 g/mol. The summed E-state index contributed by atoms with van der Waals surface area (Å²) >= 11 is 0. The zero-order valence-electron chi connectivity index (χ0n) is 21.7. The quantitative estimate of drug-likeness (QED) is 0.276. The summed E-state index contributed by atoms with van der Waals surface area (Å²) in [5.41, 5.74) is 10.0. The standard InChI is InChI=1S/C30H30N6O2/c1-30(2,3)15-20(16-31)29(37)35-21-11-14-24-25(26-27(32)33-18-34-28(26)36(24)17-21)19-9-12-23(13-10-19)38-22-7-5-4-6-8-22/h4-10,12-13,15,18,21H,11,14,17H2,1-3H3,(H,35,37)(H2,32,33,34)/t21-/m1/s1. The van der Waals surface area contributed by atoms with Crippen LogP contribution in [0.4, 0.5) is 5.82 Å². The number of carbonyl (C=O) groups is 1. The van der Waals surface area contributed by atoms with Crippen LogP contribution in [0.5, 0.6) is 11.5 Å². The highest BCUT2D eigenvalue weighted by atomic mass is 16.5. The lowest BCUT2D eigenvalue weighted by molar-refractivity contribution is -0.118. The van der Waals surface area contributed by atoms with E-state index >= 15 is 0 Å². The van der Waals surface area contributed by atoms with Gasteiger partial charge in [0.1, 0.15) is 40.9 Å². The highest BCUT2D eigenvalue weighted by Gasteiger charge is 2.29. The SMILES string of the molecule is CC(C)(C)C=C(C#N)C(=O)N[C@@H]1CCc2c(-c3ccc(Oc4ccccc4)cc3)c3c(N)ncnc3n2C1. The van der Waals surface area contributed by atoms with Crippen LogP contribution in [0.3, 0.4) is 0 Å². The van der Waals surface area contributed by atoms with Gasteiger partial charge in [0.15, 0.2) is 0 Å². The molecule has 5 rings (SSSR count). The van der Waals surface area contributed by atoms with Gasteiger partial charge in [0.25, 0.3) is 5.91 Å². The molecular weight excluding hydrogens is 476 g/mol. The largest absolute Gasteiger partial charge is 0.457 e. The number of nitrogens with zero attached hydrogens (tertiary/aromatic N) is 4. The van der Waals surface area contributed by atoms with Crippen LogP contribution < -0.4 is 15.8 Å². The molecule has 1 atom stereocenters. The Labute approximate surface area is 221 Å². The molecule has 0 unspecified atom stereocenters. The van der Waals surface area contributed by atoms with Gasteiger partial charge in [-0.3, -0.25) is 4.79 Å². The minimum absolute atomic E-state index is 0.130. The smallest absolute Gasteiger partial charge is 0.261 e. The molecule has 0 saturated heterocycles. The number of aromatic nitrogens is 3. The molecule has 3 heterocycles. The van der Waals surface area contributed by atoms with E-state index in [1.165, 1.54) is 6.33 Å². The Hall–Kier alpha value is -4.64. The normalized spacial score (nSPS) is 15.5. The van der Waals surface area contributed by atoms with Gasteiger partial charge in [-0.05, 0) is 48.1 Å². The van der Waals surface area contributed by atoms with E-state index in [2.05, 4.69) is 19.9 Å². The first-order valence-electron chi connectivity index (χ1n) is 12.6. The van der Waals surface area contributed by atoms with Crippen molar-refractivity contribution in [3.63, 3.8) is 0 Å². The molecule has 0 aliphatic carbocycles. The van der Waals surface area contributed by atoms with Gasteiger partial charge in [0.05, 0.1) is 5.39 Å². The second-order valence-electron chi connectivity index (χ2n) is 10.6. The molecular formula is C30H30N6O2. The van der Waals surface area contributed by atoms with Crippen molar-refractivity contribution in [2.24, 2.45) is 5.41 Å². The fourth-order valence-electron chi connectivity index (χ4n) is 4.91. The van der Waals surface area contributed by atoms with Crippen LogP contribution >= 0.6 is 0 Å². The van der Waals surface area contributed by atoms with Crippen LogP contribution in [0.1, 0.15) is 32.9 Å². The molecule has 3 N–H and O–H groups in total. The number of allylic oxidation sites excluding steroid dienone is 1. The first-order valence-corrected chi connectivity index (χ1v) is 12.6. The molecule has 2 aromatic carbocycles. The number of nitrogens with two attached hydrogens (primary N) is 1. The number of nitriles is 1. The first-order chi connectivity index (χ1) is 18.2. The monoisotopic (exact) mass is 506 g/mol. The van der Waals surface area contributed by atoms with Crippen LogP contribution in [0.25, 0.3) is 22.2 Å². The number of hydrogen-bond acceptors (Lipinski definition) is 6. The van der Waals surface area contributed by atoms with Crippen LogP contribution in [-0.2, 0) is 17.8 Å². The molecule has 1 aliphatic rings. The van der Waals surface area contributed by atoms with Gasteiger partial charge in [-0.1, -0.05) is 57.2 Å². The molecule has 1 amide bonds. The molecule has 192 valence electrons. The number of ether oxygens (including phenoxy) is 1. The fourth-order valence-corrected chi connectivity index (χ4v) is 4.91. The van der Waals surface area contributed by atoms with E-state index in [1.54, 1.807) is 6.08 Å². The molecule has 0 spiro atoms. The van der Waals surface area contributed by atoms with Crippen molar-refractivity contribution in [1.29, 1.82) is 5.26 Å². The Balaban J connectivity index is 1.46. The molecule has 8 nitrogen and oxygen atoms in total. The molecule has 8 heteroatoms. The van der Waals surface area contributed by atoms with Crippen molar-refractivity contribution in [1.82, 2.24) is 19.9 Å². The number of benzene rings is 2. The summed E-state index contributed by atoms with van der Waals surface area (Å²) in [5, 5.41) is 13.4. The summed E-state index contributed by atoms with van der Waals surface area (Å²) in [6, 6.07) is 19.5. The Bertz CT molecular complexity index is 1560. The van der Waals surface area contributed by atoms with Crippen LogP contribution in [0.15, 0.2) is 72.6 Å². The number of para-hydroxylation sites is 1. The molecule has 2 aromatic heterocycles. The van der Waals surface area contributed by atoms with E-state index in [0.717, 1.165) is 45.8 Å². The minimum atomic E-state index is -0.351. The zero-order valence-corrected chi connectivity index (χ0v) is 21.7. The van der Waals surface area contributed by atoms with Gasteiger partial charge in [-0.2, -0.15) is 5.26 Å². The van der Waals surface area contributed by atoms with Crippen molar-refractivity contribution in [3.05, 3.63) is 78.3 Å². The summed E-state index contributed by atoms with van der Waals surface area (Å²) < 4.78 is 8.08. The van der Waals surface area contributed by atoms with Crippen LogP contribution in [0, 0.1) is 16.7 Å². The third kappa shape index (κ3) is 5.09. The number of carbonyl (C=O) groups excluding carboxylic acids is 1. The van der Waals surface area contributed by atoms with Gasteiger partial charge in [0.2, 0.25) is 0 Å². The molecule has 0 radical (unpaired) electrons. The second kappa shape index (κ2) is 10.0. The van der Waals surface area contributed by atoms with E-state index < -0.39 is 0 Å². The predicted molar refractivity (Wildman–Crippen MR) is 147 cm³/mol. The van der Waals surface area contributed by atoms with Gasteiger partial charge in [0, 0.05) is 23.8 Å². The van der Waals surface area contributed by atoms with Crippen LogP contribution in [0.2, 0.25) is 0 Å². The van der Waals surface area contributed by atoms with Gasteiger partial charge in [-0.25, -0.2) is 9.97 Å². The zero-order chi connectivity index (χ0) is 26.9. The minimum Gasteiger partial charge on any atom is -0.457 e. The molecule has 0 bridgehead atoms.